The molecule has 1 fully saturated rings. The van der Waals surface area contributed by atoms with Crippen molar-refractivity contribution in [2.45, 2.75) is 33.1 Å². The molecule has 3 rings (SSSR count). The highest BCUT2D eigenvalue weighted by molar-refractivity contribution is 5.98. The Morgan fingerprint density at radius 2 is 2.00 bits per heavy atom. The van der Waals surface area contributed by atoms with Crippen molar-refractivity contribution in [3.63, 3.8) is 0 Å². The van der Waals surface area contributed by atoms with Gasteiger partial charge in [0.15, 0.2) is 0 Å². The minimum absolute atomic E-state index is 0.174. The highest BCUT2D eigenvalue weighted by Crippen LogP contribution is 2.38. The maximum Gasteiger partial charge on any atom is 0.100 e. The number of nitrogens with zero attached hydrogens (tertiary/aromatic N) is 1. The van der Waals surface area contributed by atoms with Crippen molar-refractivity contribution in [2.75, 3.05) is 6.54 Å². The molecule has 1 atom stereocenters. The molecule has 0 aromatic carbocycles. The summed E-state index contributed by atoms with van der Waals surface area (Å²) >= 11 is 0. The fourth-order valence-corrected chi connectivity index (χ4v) is 3.30. The van der Waals surface area contributed by atoms with E-state index in [2.05, 4.69) is 19.1 Å². The molecule has 0 spiro atoms. The smallest absolute Gasteiger partial charge is 0.100 e. The molecule has 1 saturated carbocycles. The fraction of sp³-hybridized carbons (Fsp3) is 0.562. The highest BCUT2D eigenvalue weighted by atomic mass is 16.3. The van der Waals surface area contributed by atoms with Gasteiger partial charge in [-0.3, -0.25) is 4.99 Å². The van der Waals surface area contributed by atoms with Gasteiger partial charge >= 0.3 is 0 Å². The van der Waals surface area contributed by atoms with Crippen LogP contribution in [0.2, 0.25) is 0 Å². The maximum atomic E-state index is 10.1. The Morgan fingerprint density at radius 1 is 1.22 bits per heavy atom. The van der Waals surface area contributed by atoms with Crippen molar-refractivity contribution in [2.24, 2.45) is 22.7 Å². The lowest BCUT2D eigenvalue weighted by molar-refractivity contribution is 0.282. The summed E-state index contributed by atoms with van der Waals surface area (Å²) in [7, 11) is 0. The zero-order chi connectivity index (χ0) is 12.7. The summed E-state index contributed by atoms with van der Waals surface area (Å²) in [6.45, 7) is 5.19. The Kier molecular flexibility index (Phi) is 2.89. The number of aliphatic imine (C=N–C) groups is 1. The van der Waals surface area contributed by atoms with Gasteiger partial charge in [-0.05, 0) is 55.4 Å². The summed E-state index contributed by atoms with van der Waals surface area (Å²) in [5, 5.41) is 10.1. The molecule has 0 radical (unpaired) electrons. The Bertz CT molecular complexity index is 475. The van der Waals surface area contributed by atoms with Crippen LogP contribution in [-0.4, -0.2) is 17.4 Å². The molecule has 2 aliphatic carbocycles. The van der Waals surface area contributed by atoms with Gasteiger partial charge in [-0.25, -0.2) is 0 Å². The number of rotatable bonds is 1. The van der Waals surface area contributed by atoms with E-state index in [0.29, 0.717) is 11.7 Å². The Morgan fingerprint density at radius 3 is 2.72 bits per heavy atom. The van der Waals surface area contributed by atoms with Crippen LogP contribution in [0.5, 0.6) is 0 Å². The molecule has 1 N–H and O–H groups in total. The fourth-order valence-electron chi connectivity index (χ4n) is 3.30. The van der Waals surface area contributed by atoms with Gasteiger partial charge in [0.2, 0.25) is 0 Å². The number of hydrogen-bond donors (Lipinski definition) is 1. The molecule has 0 bridgehead atoms. The van der Waals surface area contributed by atoms with Gasteiger partial charge in [0.25, 0.3) is 0 Å². The van der Waals surface area contributed by atoms with E-state index in [4.69, 9.17) is 4.99 Å². The molecule has 0 amide bonds. The summed E-state index contributed by atoms with van der Waals surface area (Å²) in [6, 6.07) is 0. The van der Waals surface area contributed by atoms with E-state index in [1.807, 2.05) is 13.0 Å². The second-order valence-corrected chi connectivity index (χ2v) is 6.02. The second-order valence-electron chi connectivity index (χ2n) is 6.02. The zero-order valence-electron chi connectivity index (χ0n) is 11.2. The molecular weight excluding hydrogens is 222 g/mol. The van der Waals surface area contributed by atoms with Gasteiger partial charge in [0.05, 0.1) is 0 Å². The summed E-state index contributed by atoms with van der Waals surface area (Å²) < 4.78 is 0. The minimum Gasteiger partial charge on any atom is -0.512 e. The molecule has 96 valence electrons. The average molecular weight is 243 g/mol. The third-order valence-electron chi connectivity index (χ3n) is 4.35. The van der Waals surface area contributed by atoms with Crippen LogP contribution in [-0.2, 0) is 0 Å². The Labute approximate surface area is 109 Å². The first-order valence-corrected chi connectivity index (χ1v) is 6.98. The van der Waals surface area contributed by atoms with Crippen LogP contribution >= 0.6 is 0 Å². The number of aliphatic hydroxyl groups excluding tert-OH is 1. The van der Waals surface area contributed by atoms with Crippen molar-refractivity contribution < 1.29 is 5.11 Å². The highest BCUT2D eigenvalue weighted by Gasteiger charge is 2.31. The summed E-state index contributed by atoms with van der Waals surface area (Å²) in [5.41, 5.74) is 3.66. The van der Waals surface area contributed by atoms with Gasteiger partial charge in [0, 0.05) is 24.1 Å². The third kappa shape index (κ3) is 2.05. The van der Waals surface area contributed by atoms with Crippen molar-refractivity contribution in [1.82, 2.24) is 0 Å². The molecule has 1 heterocycles. The maximum absolute atomic E-state index is 10.1. The SMILES string of the molecule is CC1=CC2=CC(C3CC(C)C3)=NCCC2C(O)=C1. The van der Waals surface area contributed by atoms with Gasteiger partial charge in [-0.15, -0.1) is 0 Å². The van der Waals surface area contributed by atoms with Gasteiger partial charge in [-0.1, -0.05) is 13.0 Å². The van der Waals surface area contributed by atoms with E-state index in [9.17, 15) is 5.11 Å². The van der Waals surface area contributed by atoms with Crippen molar-refractivity contribution in [1.29, 1.82) is 0 Å². The predicted molar refractivity (Wildman–Crippen MR) is 74.8 cm³/mol. The molecule has 2 heteroatoms. The lowest BCUT2D eigenvalue weighted by atomic mass is 9.73. The topological polar surface area (TPSA) is 32.6 Å². The molecule has 2 nitrogen and oxygen atoms in total. The molecule has 0 aromatic rings. The largest absolute Gasteiger partial charge is 0.512 e. The molecule has 0 saturated heterocycles. The first-order chi connectivity index (χ1) is 8.63. The summed E-state index contributed by atoms with van der Waals surface area (Å²) in [6.07, 6.45) is 9.81. The van der Waals surface area contributed by atoms with E-state index in [1.54, 1.807) is 0 Å². The van der Waals surface area contributed by atoms with Crippen LogP contribution in [0.4, 0.5) is 0 Å². The van der Waals surface area contributed by atoms with Crippen LogP contribution in [0.3, 0.4) is 0 Å². The Balaban J connectivity index is 1.87. The van der Waals surface area contributed by atoms with Crippen LogP contribution in [0, 0.1) is 17.8 Å². The van der Waals surface area contributed by atoms with E-state index in [1.165, 1.54) is 24.1 Å². The summed E-state index contributed by atoms with van der Waals surface area (Å²) in [5.74, 6) is 2.20. The van der Waals surface area contributed by atoms with Crippen LogP contribution in [0.15, 0.2) is 40.1 Å². The van der Waals surface area contributed by atoms with Gasteiger partial charge in [-0.2, -0.15) is 0 Å². The third-order valence-corrected chi connectivity index (χ3v) is 4.35. The average Bonchev–Trinajstić information content (AvgIpc) is 2.46. The van der Waals surface area contributed by atoms with Gasteiger partial charge < -0.3 is 5.11 Å². The van der Waals surface area contributed by atoms with Crippen molar-refractivity contribution in [3.8, 4) is 0 Å². The number of hydrogen-bond acceptors (Lipinski definition) is 2. The molecule has 0 aromatic heterocycles. The first kappa shape index (κ1) is 11.8. The lowest BCUT2D eigenvalue weighted by Crippen LogP contribution is -2.28. The van der Waals surface area contributed by atoms with E-state index >= 15 is 0 Å². The standard InChI is InChI=1S/C16H21NO/c1-10-6-13(7-10)15-9-12-5-11(2)8-16(18)14(12)3-4-17-15/h5,8-10,13-14,18H,3-4,6-7H2,1-2H3. The number of aliphatic hydroxyl groups is 1. The Hall–Kier alpha value is -1.31. The lowest BCUT2D eigenvalue weighted by Gasteiger charge is -2.33. The zero-order valence-corrected chi connectivity index (χ0v) is 11.2. The van der Waals surface area contributed by atoms with Crippen LogP contribution in [0.1, 0.15) is 33.1 Å². The van der Waals surface area contributed by atoms with Gasteiger partial charge in [0.1, 0.15) is 5.76 Å². The second kappa shape index (κ2) is 4.42. The minimum atomic E-state index is 0.174. The van der Waals surface area contributed by atoms with Crippen molar-refractivity contribution >= 4 is 5.71 Å². The molecule has 18 heavy (non-hydrogen) atoms. The van der Waals surface area contributed by atoms with E-state index in [-0.39, 0.29) is 5.92 Å². The van der Waals surface area contributed by atoms with Crippen molar-refractivity contribution in [3.05, 3.63) is 35.1 Å². The molecule has 1 aliphatic heterocycles. The molecular formula is C16H21NO. The molecule has 1 unspecified atom stereocenters. The predicted octanol–water partition coefficient (Wildman–Crippen LogP) is 3.82. The number of allylic oxidation sites excluding steroid dienone is 5. The molecule has 3 aliphatic rings. The van der Waals surface area contributed by atoms with E-state index in [0.717, 1.165) is 24.5 Å². The quantitative estimate of drug-likeness (QED) is 0.746. The van der Waals surface area contributed by atoms with Crippen LogP contribution in [0.25, 0.3) is 0 Å². The van der Waals surface area contributed by atoms with E-state index < -0.39 is 0 Å². The number of fused-ring (bicyclic) bond motifs is 1. The monoisotopic (exact) mass is 243 g/mol. The van der Waals surface area contributed by atoms with Crippen LogP contribution < -0.4 is 0 Å². The summed E-state index contributed by atoms with van der Waals surface area (Å²) in [4.78, 5) is 4.74. The first-order valence-electron chi connectivity index (χ1n) is 6.98. The normalized spacial score (nSPS) is 35.3.